The number of hydrogen-bond acceptors (Lipinski definition) is 5. The van der Waals surface area contributed by atoms with Crippen molar-refractivity contribution in [2.45, 2.75) is 60.5 Å². The van der Waals surface area contributed by atoms with Gasteiger partial charge in [-0.1, -0.05) is 39.8 Å². The Morgan fingerprint density at radius 1 is 0.912 bits per heavy atom. The Labute approximate surface area is 198 Å². The van der Waals surface area contributed by atoms with Crippen LogP contribution >= 0.6 is 0 Å². The van der Waals surface area contributed by atoms with Crippen LogP contribution in [-0.2, 0) is 6.54 Å². The highest BCUT2D eigenvalue weighted by atomic mass is 16.2. The second kappa shape index (κ2) is 8.04. The Morgan fingerprint density at radius 3 is 2.15 bits per heavy atom. The molecule has 1 aromatic carbocycles. The van der Waals surface area contributed by atoms with Gasteiger partial charge in [0.25, 0.3) is 11.8 Å². The van der Waals surface area contributed by atoms with Gasteiger partial charge in [0.15, 0.2) is 11.5 Å². The van der Waals surface area contributed by atoms with Gasteiger partial charge in [-0.3, -0.25) is 14.5 Å². The number of carbonyl (C=O) groups is 2. The molecule has 1 aliphatic rings. The highest BCUT2D eigenvalue weighted by molar-refractivity contribution is 6.21. The summed E-state index contributed by atoms with van der Waals surface area (Å²) in [7, 11) is 0. The van der Waals surface area contributed by atoms with Gasteiger partial charge in [0.2, 0.25) is 0 Å². The minimum Gasteiger partial charge on any atom is -0.329 e. The van der Waals surface area contributed by atoms with Crippen LogP contribution < -0.4 is 0 Å². The lowest BCUT2D eigenvalue weighted by molar-refractivity contribution is 0.0555. The lowest BCUT2D eigenvalue weighted by Gasteiger charge is -2.25. The van der Waals surface area contributed by atoms with E-state index in [1.165, 1.54) is 4.90 Å². The Bertz CT molecular complexity index is 1410. The van der Waals surface area contributed by atoms with Gasteiger partial charge in [-0.05, 0) is 49.8 Å². The van der Waals surface area contributed by atoms with E-state index in [1.54, 1.807) is 35.1 Å². The number of nitrogens with zero attached hydrogens (tertiary/aromatic N) is 6. The summed E-state index contributed by atoms with van der Waals surface area (Å²) in [6, 6.07) is 6.42. The van der Waals surface area contributed by atoms with Crippen LogP contribution in [0, 0.1) is 25.7 Å². The fraction of sp³-hybridized carbons (Fsp3) is 0.423. The summed E-state index contributed by atoms with van der Waals surface area (Å²) in [5.74, 6) is 0.595. The number of aryl methyl sites for hydroxylation is 1. The summed E-state index contributed by atoms with van der Waals surface area (Å²) < 4.78 is 3.91. The predicted molar refractivity (Wildman–Crippen MR) is 130 cm³/mol. The summed E-state index contributed by atoms with van der Waals surface area (Å²) in [6.45, 7) is 13.6. The topological polar surface area (TPSA) is 85.4 Å². The molecule has 3 aromatic heterocycles. The first-order chi connectivity index (χ1) is 16.2. The predicted octanol–water partition coefficient (Wildman–Crippen LogP) is 4.74. The fourth-order valence-corrected chi connectivity index (χ4v) is 4.94. The SMILES string of the molecule is Cc1c(C)n(CC(C)C)c2ncn3nc([C@@H](CC(C)C)N4C(=O)c5ccccc5C4=O)nc3c12. The van der Waals surface area contributed by atoms with Crippen LogP contribution in [0.4, 0.5) is 0 Å². The molecule has 34 heavy (non-hydrogen) atoms. The largest absolute Gasteiger partial charge is 0.329 e. The lowest BCUT2D eigenvalue weighted by Crippen LogP contribution is -2.35. The van der Waals surface area contributed by atoms with E-state index < -0.39 is 6.04 Å². The average Bonchev–Trinajstić information content (AvgIpc) is 3.40. The Morgan fingerprint density at radius 2 is 1.56 bits per heavy atom. The van der Waals surface area contributed by atoms with E-state index in [0.717, 1.165) is 28.8 Å². The van der Waals surface area contributed by atoms with Gasteiger partial charge in [-0.15, -0.1) is 5.10 Å². The molecule has 5 rings (SSSR count). The van der Waals surface area contributed by atoms with Crippen molar-refractivity contribution >= 4 is 28.5 Å². The van der Waals surface area contributed by atoms with Gasteiger partial charge < -0.3 is 4.57 Å². The molecule has 0 saturated heterocycles. The van der Waals surface area contributed by atoms with Crippen LogP contribution in [0.2, 0.25) is 0 Å². The lowest BCUT2D eigenvalue weighted by atomic mass is 10.0. The summed E-state index contributed by atoms with van der Waals surface area (Å²) in [4.78, 5) is 37.5. The van der Waals surface area contributed by atoms with Gasteiger partial charge >= 0.3 is 0 Å². The molecule has 0 fully saturated rings. The molecule has 0 unspecified atom stereocenters. The molecule has 4 aromatic rings. The molecule has 4 heterocycles. The van der Waals surface area contributed by atoms with Crippen molar-refractivity contribution in [1.29, 1.82) is 0 Å². The minimum absolute atomic E-state index is 0.232. The first kappa shape index (κ1) is 22.3. The summed E-state index contributed by atoms with van der Waals surface area (Å²) >= 11 is 0. The number of fused-ring (bicyclic) bond motifs is 4. The van der Waals surface area contributed by atoms with Crippen molar-refractivity contribution in [3.05, 3.63) is 58.8 Å². The van der Waals surface area contributed by atoms with Crippen LogP contribution in [0.25, 0.3) is 16.7 Å². The average molecular weight is 459 g/mol. The van der Waals surface area contributed by atoms with Crippen molar-refractivity contribution in [1.82, 2.24) is 29.0 Å². The number of aromatic nitrogens is 5. The number of rotatable bonds is 6. The number of carbonyl (C=O) groups excluding carboxylic acids is 2. The molecule has 0 N–H and O–H groups in total. The van der Waals surface area contributed by atoms with E-state index in [0.29, 0.717) is 34.9 Å². The number of imide groups is 1. The summed E-state index contributed by atoms with van der Waals surface area (Å²) in [5, 5.41) is 5.68. The molecule has 8 heteroatoms. The third kappa shape index (κ3) is 3.31. The van der Waals surface area contributed by atoms with Crippen molar-refractivity contribution in [3.63, 3.8) is 0 Å². The third-order valence-corrected chi connectivity index (χ3v) is 6.64. The summed E-state index contributed by atoms with van der Waals surface area (Å²) in [5.41, 5.74) is 4.74. The van der Waals surface area contributed by atoms with Crippen LogP contribution in [-0.4, -0.2) is 40.9 Å². The van der Waals surface area contributed by atoms with Gasteiger partial charge in [0.05, 0.1) is 16.5 Å². The Hall–Kier alpha value is -3.55. The molecular formula is C26H30N6O2. The molecule has 1 aliphatic heterocycles. The first-order valence-electron chi connectivity index (χ1n) is 11.9. The maximum atomic E-state index is 13.3. The smallest absolute Gasteiger partial charge is 0.262 e. The molecule has 0 spiro atoms. The number of benzene rings is 1. The zero-order chi connectivity index (χ0) is 24.3. The highest BCUT2D eigenvalue weighted by Gasteiger charge is 2.42. The van der Waals surface area contributed by atoms with Crippen LogP contribution in [0.1, 0.15) is 78.0 Å². The number of amides is 2. The van der Waals surface area contributed by atoms with E-state index in [1.807, 2.05) is 0 Å². The van der Waals surface area contributed by atoms with Gasteiger partial charge in [0.1, 0.15) is 18.0 Å². The normalized spacial score (nSPS) is 14.9. The van der Waals surface area contributed by atoms with Gasteiger partial charge in [-0.25, -0.2) is 14.5 Å². The van der Waals surface area contributed by atoms with Crippen LogP contribution in [0.5, 0.6) is 0 Å². The van der Waals surface area contributed by atoms with Gasteiger partial charge in [0, 0.05) is 12.2 Å². The maximum absolute atomic E-state index is 13.3. The van der Waals surface area contributed by atoms with Crippen molar-refractivity contribution in [2.24, 2.45) is 11.8 Å². The van der Waals surface area contributed by atoms with Crippen LogP contribution in [0.15, 0.2) is 30.6 Å². The van der Waals surface area contributed by atoms with E-state index in [-0.39, 0.29) is 17.7 Å². The summed E-state index contributed by atoms with van der Waals surface area (Å²) in [6.07, 6.45) is 2.25. The van der Waals surface area contributed by atoms with Crippen molar-refractivity contribution < 1.29 is 9.59 Å². The monoisotopic (exact) mass is 458 g/mol. The second-order valence-corrected chi connectivity index (χ2v) is 10.1. The maximum Gasteiger partial charge on any atom is 0.262 e. The molecule has 1 atom stereocenters. The standard InChI is InChI=1S/C26H30N6O2/c1-14(2)11-20(32-25(33)18-9-7-8-10-19(18)26(32)34)22-28-24-21-16(5)17(6)30(12-15(3)4)23(21)27-13-31(24)29-22/h7-10,13-15,20H,11-12H2,1-6H3/t20-/m1/s1. The van der Waals surface area contributed by atoms with Crippen molar-refractivity contribution in [3.8, 4) is 0 Å². The molecule has 0 radical (unpaired) electrons. The first-order valence-corrected chi connectivity index (χ1v) is 11.9. The Balaban J connectivity index is 1.66. The Kier molecular flexibility index (Phi) is 5.26. The number of hydrogen-bond donors (Lipinski definition) is 0. The van der Waals surface area contributed by atoms with E-state index in [2.05, 4.69) is 46.1 Å². The van der Waals surface area contributed by atoms with E-state index >= 15 is 0 Å². The van der Waals surface area contributed by atoms with Crippen molar-refractivity contribution in [2.75, 3.05) is 0 Å². The highest BCUT2D eigenvalue weighted by Crippen LogP contribution is 2.35. The third-order valence-electron chi connectivity index (χ3n) is 6.64. The molecule has 2 amide bonds. The van der Waals surface area contributed by atoms with E-state index in [9.17, 15) is 9.59 Å². The molecular weight excluding hydrogens is 428 g/mol. The molecule has 0 saturated carbocycles. The second-order valence-electron chi connectivity index (χ2n) is 10.1. The zero-order valence-corrected chi connectivity index (χ0v) is 20.5. The minimum atomic E-state index is -0.554. The molecule has 0 aliphatic carbocycles. The molecule has 0 bridgehead atoms. The molecule has 8 nitrogen and oxygen atoms in total. The van der Waals surface area contributed by atoms with Gasteiger partial charge in [-0.2, -0.15) is 0 Å². The van der Waals surface area contributed by atoms with E-state index in [4.69, 9.17) is 15.1 Å². The fourth-order valence-electron chi connectivity index (χ4n) is 4.94. The molecule has 176 valence electrons. The van der Waals surface area contributed by atoms with Crippen LogP contribution in [0.3, 0.4) is 0 Å². The quantitative estimate of drug-likeness (QED) is 0.390. The zero-order valence-electron chi connectivity index (χ0n) is 20.5.